The molecule has 0 aliphatic carbocycles. The summed E-state index contributed by atoms with van der Waals surface area (Å²) in [5, 5.41) is 10.9. The second-order valence-electron chi connectivity index (χ2n) is 4.35. The van der Waals surface area contributed by atoms with Crippen LogP contribution in [-0.4, -0.2) is 15.1 Å². The van der Waals surface area contributed by atoms with Gasteiger partial charge in [0, 0.05) is 12.4 Å². The quantitative estimate of drug-likeness (QED) is 0.917. The van der Waals surface area contributed by atoms with E-state index >= 15 is 0 Å². The van der Waals surface area contributed by atoms with Crippen LogP contribution in [0.5, 0.6) is 0 Å². The van der Waals surface area contributed by atoms with Crippen LogP contribution in [0.2, 0.25) is 0 Å². The number of aliphatic hydroxyl groups is 1. The van der Waals surface area contributed by atoms with Crippen molar-refractivity contribution in [1.82, 2.24) is 9.97 Å². The summed E-state index contributed by atoms with van der Waals surface area (Å²) in [6.45, 7) is 7.92. The van der Waals surface area contributed by atoms with Gasteiger partial charge in [0.15, 0.2) is 5.60 Å². The Hall–Kier alpha value is -1.74. The van der Waals surface area contributed by atoms with Crippen molar-refractivity contribution in [3.8, 4) is 0 Å². The van der Waals surface area contributed by atoms with Crippen molar-refractivity contribution in [2.45, 2.75) is 33.3 Å². The molecule has 2 aromatic heterocycles. The standard InChI is InChI=1S/C14H16N2O.C2H6/c1-11(2)14(17,12-7-3-5-9-15-12)13-8-4-6-10-16-13;1-2/h3-11,17H,1-2H3;1-2H3. The van der Waals surface area contributed by atoms with Crippen molar-refractivity contribution in [3.63, 3.8) is 0 Å². The highest BCUT2D eigenvalue weighted by atomic mass is 16.3. The molecule has 3 nitrogen and oxygen atoms in total. The van der Waals surface area contributed by atoms with E-state index in [1.165, 1.54) is 0 Å². The fraction of sp³-hybridized carbons (Fsp3) is 0.375. The maximum atomic E-state index is 10.9. The topological polar surface area (TPSA) is 46.0 Å². The molecule has 0 saturated carbocycles. The van der Waals surface area contributed by atoms with E-state index in [1.807, 2.05) is 64.1 Å². The maximum absolute atomic E-state index is 10.9. The van der Waals surface area contributed by atoms with Crippen LogP contribution in [0.4, 0.5) is 0 Å². The Morgan fingerprint density at radius 3 is 1.58 bits per heavy atom. The molecular weight excluding hydrogens is 236 g/mol. The highest BCUT2D eigenvalue weighted by molar-refractivity contribution is 5.27. The van der Waals surface area contributed by atoms with Gasteiger partial charge < -0.3 is 5.11 Å². The summed E-state index contributed by atoms with van der Waals surface area (Å²) in [7, 11) is 0. The first-order valence-electron chi connectivity index (χ1n) is 6.71. The molecule has 0 fully saturated rings. The molecule has 19 heavy (non-hydrogen) atoms. The molecule has 0 atom stereocenters. The zero-order valence-corrected chi connectivity index (χ0v) is 12.0. The highest BCUT2D eigenvalue weighted by Gasteiger charge is 2.37. The largest absolute Gasteiger partial charge is 0.377 e. The monoisotopic (exact) mass is 258 g/mol. The van der Waals surface area contributed by atoms with Crippen molar-refractivity contribution >= 4 is 0 Å². The van der Waals surface area contributed by atoms with Crippen molar-refractivity contribution < 1.29 is 5.11 Å². The lowest BCUT2D eigenvalue weighted by Crippen LogP contribution is -2.35. The van der Waals surface area contributed by atoms with Gasteiger partial charge in [-0.25, -0.2) is 0 Å². The minimum Gasteiger partial charge on any atom is -0.377 e. The van der Waals surface area contributed by atoms with E-state index in [0.717, 1.165) is 0 Å². The van der Waals surface area contributed by atoms with Gasteiger partial charge in [-0.15, -0.1) is 0 Å². The molecule has 0 radical (unpaired) electrons. The Morgan fingerprint density at radius 1 is 0.895 bits per heavy atom. The lowest BCUT2D eigenvalue weighted by atomic mass is 9.83. The predicted octanol–water partition coefficient (Wildman–Crippen LogP) is 3.39. The zero-order chi connectivity index (χ0) is 14.3. The number of rotatable bonds is 3. The molecule has 2 heterocycles. The van der Waals surface area contributed by atoms with E-state index < -0.39 is 5.60 Å². The van der Waals surface area contributed by atoms with Gasteiger partial charge in [-0.3, -0.25) is 9.97 Å². The molecule has 0 amide bonds. The first kappa shape index (κ1) is 15.3. The summed E-state index contributed by atoms with van der Waals surface area (Å²) in [6.07, 6.45) is 3.37. The van der Waals surface area contributed by atoms with E-state index in [9.17, 15) is 5.11 Å². The SMILES string of the molecule is CC.CC(C)C(O)(c1ccccn1)c1ccccn1. The predicted molar refractivity (Wildman–Crippen MR) is 77.7 cm³/mol. The van der Waals surface area contributed by atoms with Crippen molar-refractivity contribution in [3.05, 3.63) is 60.2 Å². The third kappa shape index (κ3) is 3.18. The van der Waals surface area contributed by atoms with Crippen molar-refractivity contribution in [2.24, 2.45) is 5.92 Å². The molecule has 2 aromatic rings. The molecule has 0 aliphatic heterocycles. The van der Waals surface area contributed by atoms with Crippen LogP contribution in [0.25, 0.3) is 0 Å². The molecule has 0 bridgehead atoms. The molecule has 0 saturated heterocycles. The van der Waals surface area contributed by atoms with Crippen LogP contribution in [0.3, 0.4) is 0 Å². The average molecular weight is 258 g/mol. The normalized spacial score (nSPS) is 10.8. The van der Waals surface area contributed by atoms with Gasteiger partial charge in [-0.1, -0.05) is 39.8 Å². The zero-order valence-electron chi connectivity index (χ0n) is 12.0. The van der Waals surface area contributed by atoms with E-state index in [-0.39, 0.29) is 5.92 Å². The Labute approximate surface area is 115 Å². The van der Waals surface area contributed by atoms with E-state index in [1.54, 1.807) is 12.4 Å². The molecular formula is C16H22N2O. The fourth-order valence-electron chi connectivity index (χ4n) is 1.90. The first-order chi connectivity index (χ1) is 9.15. The molecule has 0 spiro atoms. The van der Waals surface area contributed by atoms with Crippen LogP contribution in [0.15, 0.2) is 48.8 Å². The first-order valence-corrected chi connectivity index (χ1v) is 6.71. The minimum absolute atomic E-state index is 0.00713. The van der Waals surface area contributed by atoms with Crippen LogP contribution >= 0.6 is 0 Å². The summed E-state index contributed by atoms with van der Waals surface area (Å²) in [5.74, 6) is -0.00713. The highest BCUT2D eigenvalue weighted by Crippen LogP contribution is 2.33. The fourth-order valence-corrected chi connectivity index (χ4v) is 1.90. The van der Waals surface area contributed by atoms with Crippen LogP contribution < -0.4 is 0 Å². The van der Waals surface area contributed by atoms with Gasteiger partial charge in [0.2, 0.25) is 0 Å². The van der Waals surface area contributed by atoms with E-state index in [0.29, 0.717) is 11.4 Å². The molecule has 0 aliphatic rings. The molecule has 102 valence electrons. The van der Waals surface area contributed by atoms with Crippen molar-refractivity contribution in [2.75, 3.05) is 0 Å². The smallest absolute Gasteiger partial charge is 0.150 e. The number of nitrogens with zero attached hydrogens (tertiary/aromatic N) is 2. The van der Waals surface area contributed by atoms with E-state index in [4.69, 9.17) is 0 Å². The third-order valence-corrected chi connectivity index (χ3v) is 2.95. The number of hydrogen-bond acceptors (Lipinski definition) is 3. The van der Waals surface area contributed by atoms with Crippen molar-refractivity contribution in [1.29, 1.82) is 0 Å². The van der Waals surface area contributed by atoms with Gasteiger partial charge in [0.25, 0.3) is 0 Å². The van der Waals surface area contributed by atoms with E-state index in [2.05, 4.69) is 9.97 Å². The van der Waals surface area contributed by atoms with Gasteiger partial charge >= 0.3 is 0 Å². The van der Waals surface area contributed by atoms with Crippen LogP contribution in [-0.2, 0) is 5.60 Å². The van der Waals surface area contributed by atoms with Crippen LogP contribution in [0, 0.1) is 5.92 Å². The second-order valence-corrected chi connectivity index (χ2v) is 4.35. The Balaban J connectivity index is 0.000000861. The Morgan fingerprint density at radius 2 is 1.32 bits per heavy atom. The summed E-state index contributed by atoms with van der Waals surface area (Å²) in [5.41, 5.74) is 0.130. The number of pyridine rings is 2. The molecule has 1 N–H and O–H groups in total. The summed E-state index contributed by atoms with van der Waals surface area (Å²) < 4.78 is 0. The Kier molecular flexibility index (Phi) is 5.64. The minimum atomic E-state index is -1.14. The third-order valence-electron chi connectivity index (χ3n) is 2.95. The van der Waals surface area contributed by atoms with Gasteiger partial charge in [-0.05, 0) is 30.2 Å². The van der Waals surface area contributed by atoms with Gasteiger partial charge in [0.1, 0.15) is 0 Å². The average Bonchev–Trinajstić information content (AvgIpc) is 2.50. The molecule has 0 aromatic carbocycles. The number of aromatic nitrogens is 2. The van der Waals surface area contributed by atoms with Crippen LogP contribution in [0.1, 0.15) is 39.1 Å². The van der Waals surface area contributed by atoms with Gasteiger partial charge in [0.05, 0.1) is 11.4 Å². The summed E-state index contributed by atoms with van der Waals surface area (Å²) in [4.78, 5) is 8.52. The van der Waals surface area contributed by atoms with Gasteiger partial charge in [-0.2, -0.15) is 0 Å². The lowest BCUT2D eigenvalue weighted by molar-refractivity contribution is 0.0233. The maximum Gasteiger partial charge on any atom is 0.150 e. The lowest BCUT2D eigenvalue weighted by Gasteiger charge is -2.30. The second kappa shape index (κ2) is 7.00. The molecule has 2 rings (SSSR count). The summed E-state index contributed by atoms with van der Waals surface area (Å²) in [6, 6.07) is 11.1. The summed E-state index contributed by atoms with van der Waals surface area (Å²) >= 11 is 0. The molecule has 3 heteroatoms. The molecule has 0 unspecified atom stereocenters. The number of hydrogen-bond donors (Lipinski definition) is 1. The Bertz CT molecular complexity index is 429.